The Labute approximate surface area is 160 Å². The van der Waals surface area contributed by atoms with Gasteiger partial charge in [0.05, 0.1) is 5.69 Å². The number of pyridine rings is 2. The molecule has 0 aliphatic carbocycles. The zero-order valence-electron chi connectivity index (χ0n) is 15.9. The van der Waals surface area contributed by atoms with Gasteiger partial charge in [0.2, 0.25) is 0 Å². The van der Waals surface area contributed by atoms with Crippen molar-refractivity contribution >= 4 is 0 Å². The number of hydrogen-bond acceptors (Lipinski definition) is 2. The van der Waals surface area contributed by atoms with E-state index in [1.54, 1.807) is 0 Å². The van der Waals surface area contributed by atoms with E-state index >= 15 is 0 Å². The van der Waals surface area contributed by atoms with Crippen LogP contribution < -0.4 is 0 Å². The van der Waals surface area contributed by atoms with Crippen molar-refractivity contribution in [3.8, 4) is 33.5 Å². The predicted molar refractivity (Wildman–Crippen MR) is 113 cm³/mol. The highest BCUT2D eigenvalue weighted by atomic mass is 14.7. The molecule has 0 fully saturated rings. The van der Waals surface area contributed by atoms with Gasteiger partial charge in [0.1, 0.15) is 0 Å². The van der Waals surface area contributed by atoms with Gasteiger partial charge in [0, 0.05) is 29.2 Å². The van der Waals surface area contributed by atoms with Gasteiger partial charge < -0.3 is 0 Å². The Morgan fingerprint density at radius 1 is 0.630 bits per heavy atom. The minimum absolute atomic E-state index is 0.943. The van der Waals surface area contributed by atoms with Crippen molar-refractivity contribution in [1.29, 1.82) is 0 Å². The molecule has 4 rings (SSSR count). The zero-order valence-corrected chi connectivity index (χ0v) is 15.9. The first-order valence-corrected chi connectivity index (χ1v) is 9.19. The average molecular weight is 350 g/mol. The molecule has 4 aromatic rings. The SMILES string of the molecule is Cc1ccccc1-c1cccc(-c2cc(-c3ccccn3)cnc2C)c1C. The lowest BCUT2D eigenvalue weighted by molar-refractivity contribution is 1.19. The number of aromatic nitrogens is 2. The Hall–Kier alpha value is -3.26. The Morgan fingerprint density at radius 3 is 2.07 bits per heavy atom. The summed E-state index contributed by atoms with van der Waals surface area (Å²) in [6.45, 7) is 6.43. The quantitative estimate of drug-likeness (QED) is 0.427. The van der Waals surface area contributed by atoms with E-state index in [1.165, 1.54) is 27.8 Å². The lowest BCUT2D eigenvalue weighted by atomic mass is 9.90. The van der Waals surface area contributed by atoms with Crippen molar-refractivity contribution in [2.45, 2.75) is 20.8 Å². The molecule has 0 bridgehead atoms. The molecule has 0 N–H and O–H groups in total. The molecule has 0 saturated heterocycles. The predicted octanol–water partition coefficient (Wildman–Crippen LogP) is 6.40. The minimum atomic E-state index is 0.943. The van der Waals surface area contributed by atoms with E-state index in [9.17, 15) is 0 Å². The van der Waals surface area contributed by atoms with E-state index in [4.69, 9.17) is 0 Å². The summed E-state index contributed by atoms with van der Waals surface area (Å²) in [6.07, 6.45) is 3.72. The summed E-state index contributed by atoms with van der Waals surface area (Å²) in [6, 6.07) is 23.2. The summed E-state index contributed by atoms with van der Waals surface area (Å²) in [4.78, 5) is 9.13. The first-order chi connectivity index (χ1) is 13.1. The second kappa shape index (κ2) is 7.16. The Kier molecular flexibility index (Phi) is 4.55. The summed E-state index contributed by atoms with van der Waals surface area (Å²) in [7, 11) is 0. The van der Waals surface area contributed by atoms with Gasteiger partial charge in [-0.15, -0.1) is 0 Å². The van der Waals surface area contributed by atoms with Crippen LogP contribution in [0.2, 0.25) is 0 Å². The van der Waals surface area contributed by atoms with Gasteiger partial charge in [-0.2, -0.15) is 0 Å². The highest BCUT2D eigenvalue weighted by Gasteiger charge is 2.13. The van der Waals surface area contributed by atoms with Crippen LogP contribution in [0.5, 0.6) is 0 Å². The molecular weight excluding hydrogens is 328 g/mol. The van der Waals surface area contributed by atoms with E-state index in [2.05, 4.69) is 79.3 Å². The molecule has 2 heteroatoms. The van der Waals surface area contributed by atoms with E-state index < -0.39 is 0 Å². The van der Waals surface area contributed by atoms with Gasteiger partial charge >= 0.3 is 0 Å². The molecule has 0 atom stereocenters. The molecule has 0 spiro atoms. The number of aryl methyl sites for hydroxylation is 2. The summed E-state index contributed by atoms with van der Waals surface area (Å²) >= 11 is 0. The molecule has 2 aromatic carbocycles. The third kappa shape index (κ3) is 3.26. The van der Waals surface area contributed by atoms with Crippen LogP contribution in [-0.4, -0.2) is 9.97 Å². The Balaban J connectivity index is 1.88. The van der Waals surface area contributed by atoms with Gasteiger partial charge in [-0.3, -0.25) is 9.97 Å². The summed E-state index contributed by atoms with van der Waals surface area (Å²) in [5.74, 6) is 0. The van der Waals surface area contributed by atoms with Gasteiger partial charge in [-0.05, 0) is 66.8 Å². The van der Waals surface area contributed by atoms with Crippen molar-refractivity contribution in [3.05, 3.63) is 95.9 Å². The largest absolute Gasteiger partial charge is 0.260 e. The molecule has 0 aliphatic rings. The molecule has 27 heavy (non-hydrogen) atoms. The normalized spacial score (nSPS) is 10.8. The van der Waals surface area contributed by atoms with Gasteiger partial charge in [0.15, 0.2) is 0 Å². The van der Waals surface area contributed by atoms with Crippen molar-refractivity contribution in [2.24, 2.45) is 0 Å². The molecule has 132 valence electrons. The molecule has 0 aliphatic heterocycles. The lowest BCUT2D eigenvalue weighted by Gasteiger charge is -2.15. The maximum atomic E-state index is 4.65. The summed E-state index contributed by atoms with van der Waals surface area (Å²) < 4.78 is 0. The van der Waals surface area contributed by atoms with E-state index in [-0.39, 0.29) is 0 Å². The maximum absolute atomic E-state index is 4.65. The van der Waals surface area contributed by atoms with Crippen molar-refractivity contribution in [1.82, 2.24) is 9.97 Å². The van der Waals surface area contributed by atoms with Crippen molar-refractivity contribution < 1.29 is 0 Å². The molecular formula is C25H22N2. The molecule has 0 saturated carbocycles. The number of benzene rings is 2. The summed E-state index contributed by atoms with van der Waals surface area (Å²) in [5, 5.41) is 0. The third-order valence-electron chi connectivity index (χ3n) is 5.11. The molecule has 2 aromatic heterocycles. The first kappa shape index (κ1) is 17.2. The number of rotatable bonds is 3. The van der Waals surface area contributed by atoms with Crippen LogP contribution >= 0.6 is 0 Å². The van der Waals surface area contributed by atoms with Crippen LogP contribution in [0.15, 0.2) is 79.1 Å². The van der Waals surface area contributed by atoms with Crippen molar-refractivity contribution in [2.75, 3.05) is 0 Å². The second-order valence-electron chi connectivity index (χ2n) is 6.86. The minimum Gasteiger partial charge on any atom is -0.260 e. The third-order valence-corrected chi connectivity index (χ3v) is 5.11. The standard InChI is InChI=1S/C25H22N2/c1-17-9-4-5-10-21(17)22-11-8-12-23(18(22)2)24-15-20(16-27-19(24)3)25-13-6-7-14-26-25/h4-16H,1-3H3. The van der Waals surface area contributed by atoms with Crippen LogP contribution in [0.4, 0.5) is 0 Å². The van der Waals surface area contributed by atoms with Crippen LogP contribution in [0.25, 0.3) is 33.5 Å². The monoisotopic (exact) mass is 350 g/mol. The Bertz CT molecular complexity index is 1100. The van der Waals surface area contributed by atoms with Gasteiger partial charge in [-0.25, -0.2) is 0 Å². The smallest absolute Gasteiger partial charge is 0.0717 e. The fourth-order valence-corrected chi connectivity index (χ4v) is 3.57. The zero-order chi connectivity index (χ0) is 18.8. The van der Waals surface area contributed by atoms with Gasteiger partial charge in [-0.1, -0.05) is 48.5 Å². The van der Waals surface area contributed by atoms with Crippen LogP contribution in [0.1, 0.15) is 16.8 Å². The van der Waals surface area contributed by atoms with Crippen molar-refractivity contribution in [3.63, 3.8) is 0 Å². The molecule has 0 unspecified atom stereocenters. The van der Waals surface area contributed by atoms with E-state index in [0.717, 1.165) is 22.5 Å². The van der Waals surface area contributed by atoms with E-state index in [0.29, 0.717) is 0 Å². The topological polar surface area (TPSA) is 25.8 Å². The second-order valence-corrected chi connectivity index (χ2v) is 6.86. The fourth-order valence-electron chi connectivity index (χ4n) is 3.57. The molecule has 0 radical (unpaired) electrons. The average Bonchev–Trinajstić information content (AvgIpc) is 2.70. The highest BCUT2D eigenvalue weighted by Crippen LogP contribution is 2.35. The summed E-state index contributed by atoms with van der Waals surface area (Å²) in [5.41, 5.74) is 10.5. The number of nitrogens with zero attached hydrogens (tertiary/aromatic N) is 2. The van der Waals surface area contributed by atoms with E-state index in [1.807, 2.05) is 30.6 Å². The van der Waals surface area contributed by atoms with Crippen LogP contribution in [0.3, 0.4) is 0 Å². The molecule has 2 nitrogen and oxygen atoms in total. The van der Waals surface area contributed by atoms with Crippen LogP contribution in [0, 0.1) is 20.8 Å². The highest BCUT2D eigenvalue weighted by molar-refractivity contribution is 5.81. The lowest BCUT2D eigenvalue weighted by Crippen LogP contribution is -1.95. The Morgan fingerprint density at radius 2 is 1.33 bits per heavy atom. The van der Waals surface area contributed by atoms with Gasteiger partial charge in [0.25, 0.3) is 0 Å². The number of hydrogen-bond donors (Lipinski definition) is 0. The molecule has 2 heterocycles. The first-order valence-electron chi connectivity index (χ1n) is 9.19. The molecule has 0 amide bonds. The van der Waals surface area contributed by atoms with Crippen LogP contribution in [-0.2, 0) is 0 Å². The maximum Gasteiger partial charge on any atom is 0.0717 e. The fraction of sp³-hybridized carbons (Fsp3) is 0.120.